The highest BCUT2D eigenvalue weighted by Gasteiger charge is 2.05. The van der Waals surface area contributed by atoms with E-state index in [-0.39, 0.29) is 25.0 Å². The third-order valence-electron chi connectivity index (χ3n) is 3.44. The van der Waals surface area contributed by atoms with E-state index in [1.807, 2.05) is 0 Å². The number of methoxy groups -OCH3 is 1. The third-order valence-corrected chi connectivity index (χ3v) is 3.44. The first-order valence-electron chi connectivity index (χ1n) is 8.44. The maximum atomic E-state index is 11.7. The summed E-state index contributed by atoms with van der Waals surface area (Å²) in [5, 5.41) is 5.47. The SMILES string of the molecule is CCCCCCCNC(=O)COCC(=O)Nc1ccc(OC)cc1. The average molecular weight is 336 g/mol. The topological polar surface area (TPSA) is 76.7 Å². The number of ether oxygens (including phenoxy) is 2. The van der Waals surface area contributed by atoms with E-state index in [2.05, 4.69) is 17.6 Å². The predicted molar refractivity (Wildman–Crippen MR) is 94.2 cm³/mol. The van der Waals surface area contributed by atoms with E-state index >= 15 is 0 Å². The van der Waals surface area contributed by atoms with E-state index < -0.39 is 0 Å². The standard InChI is InChI=1S/C18H28N2O4/c1-3-4-5-6-7-12-19-17(21)13-24-14-18(22)20-15-8-10-16(23-2)11-9-15/h8-11H,3-7,12-14H2,1-2H3,(H,19,21)(H,20,22). The van der Waals surface area contributed by atoms with E-state index in [0.29, 0.717) is 12.2 Å². The van der Waals surface area contributed by atoms with Gasteiger partial charge < -0.3 is 20.1 Å². The van der Waals surface area contributed by atoms with Crippen molar-refractivity contribution in [3.8, 4) is 5.75 Å². The Balaban J connectivity index is 2.08. The first kappa shape index (κ1) is 20.0. The molecule has 2 amide bonds. The van der Waals surface area contributed by atoms with Crippen LogP contribution in [-0.4, -0.2) is 38.7 Å². The number of benzene rings is 1. The van der Waals surface area contributed by atoms with Gasteiger partial charge in [-0.15, -0.1) is 0 Å². The number of carbonyl (C=O) groups is 2. The zero-order valence-corrected chi connectivity index (χ0v) is 14.6. The van der Waals surface area contributed by atoms with E-state index in [9.17, 15) is 9.59 Å². The molecule has 0 saturated carbocycles. The van der Waals surface area contributed by atoms with E-state index in [4.69, 9.17) is 9.47 Å². The second-order valence-corrected chi connectivity index (χ2v) is 5.53. The van der Waals surface area contributed by atoms with Crippen LogP contribution in [0.2, 0.25) is 0 Å². The number of amides is 2. The van der Waals surface area contributed by atoms with Crippen molar-refractivity contribution in [1.29, 1.82) is 0 Å². The molecule has 0 atom stereocenters. The summed E-state index contributed by atoms with van der Waals surface area (Å²) < 4.78 is 10.2. The molecule has 0 aliphatic heterocycles. The molecule has 0 spiro atoms. The highest BCUT2D eigenvalue weighted by molar-refractivity contribution is 5.91. The van der Waals surface area contributed by atoms with Gasteiger partial charge in [-0.3, -0.25) is 9.59 Å². The lowest BCUT2D eigenvalue weighted by Gasteiger charge is -2.08. The van der Waals surface area contributed by atoms with Crippen molar-refractivity contribution in [2.75, 3.05) is 32.2 Å². The Kier molecular flexibility index (Phi) is 10.3. The Morgan fingerprint density at radius 1 is 0.958 bits per heavy atom. The molecule has 0 heterocycles. The van der Waals surface area contributed by atoms with Gasteiger partial charge in [-0.25, -0.2) is 0 Å². The smallest absolute Gasteiger partial charge is 0.250 e. The molecule has 0 radical (unpaired) electrons. The van der Waals surface area contributed by atoms with Crippen molar-refractivity contribution < 1.29 is 19.1 Å². The summed E-state index contributed by atoms with van der Waals surface area (Å²) in [5.74, 6) is 0.228. The second kappa shape index (κ2) is 12.4. The maximum Gasteiger partial charge on any atom is 0.250 e. The van der Waals surface area contributed by atoms with Gasteiger partial charge in [0, 0.05) is 12.2 Å². The Morgan fingerprint density at radius 3 is 2.29 bits per heavy atom. The van der Waals surface area contributed by atoms with Gasteiger partial charge in [0.2, 0.25) is 11.8 Å². The molecular weight excluding hydrogens is 308 g/mol. The molecule has 0 aliphatic rings. The van der Waals surface area contributed by atoms with Crippen LogP contribution in [0.15, 0.2) is 24.3 Å². The second-order valence-electron chi connectivity index (χ2n) is 5.53. The summed E-state index contributed by atoms with van der Waals surface area (Å²) in [7, 11) is 1.58. The monoisotopic (exact) mass is 336 g/mol. The molecule has 2 N–H and O–H groups in total. The molecule has 134 valence electrons. The van der Waals surface area contributed by atoms with Gasteiger partial charge >= 0.3 is 0 Å². The Bertz CT molecular complexity index is 488. The van der Waals surface area contributed by atoms with Crippen LogP contribution in [0.25, 0.3) is 0 Å². The van der Waals surface area contributed by atoms with E-state index in [1.54, 1.807) is 31.4 Å². The average Bonchev–Trinajstić information content (AvgIpc) is 2.58. The van der Waals surface area contributed by atoms with Crippen LogP contribution in [-0.2, 0) is 14.3 Å². The van der Waals surface area contributed by atoms with Crippen LogP contribution in [0, 0.1) is 0 Å². The van der Waals surface area contributed by atoms with Crippen molar-refractivity contribution in [1.82, 2.24) is 5.32 Å². The molecular formula is C18H28N2O4. The zero-order valence-electron chi connectivity index (χ0n) is 14.6. The van der Waals surface area contributed by atoms with Crippen LogP contribution in [0.4, 0.5) is 5.69 Å². The number of anilines is 1. The molecule has 6 nitrogen and oxygen atoms in total. The molecule has 0 unspecified atom stereocenters. The highest BCUT2D eigenvalue weighted by atomic mass is 16.5. The Labute approximate surface area is 143 Å². The van der Waals surface area contributed by atoms with Crippen LogP contribution in [0.3, 0.4) is 0 Å². The van der Waals surface area contributed by atoms with Gasteiger partial charge in [0.25, 0.3) is 0 Å². The predicted octanol–water partition coefficient (Wildman–Crippen LogP) is 2.74. The molecule has 6 heteroatoms. The minimum absolute atomic E-state index is 0.106. The van der Waals surface area contributed by atoms with Crippen molar-refractivity contribution >= 4 is 17.5 Å². The molecule has 24 heavy (non-hydrogen) atoms. The minimum atomic E-state index is -0.299. The summed E-state index contributed by atoms with van der Waals surface area (Å²) in [6.07, 6.45) is 5.75. The first-order valence-corrected chi connectivity index (χ1v) is 8.44. The molecule has 0 aromatic heterocycles. The molecule has 0 fully saturated rings. The van der Waals surface area contributed by atoms with Crippen LogP contribution < -0.4 is 15.4 Å². The van der Waals surface area contributed by atoms with Crippen LogP contribution in [0.1, 0.15) is 39.0 Å². The van der Waals surface area contributed by atoms with E-state index in [1.165, 1.54) is 19.3 Å². The number of hydrogen-bond acceptors (Lipinski definition) is 4. The molecule has 0 saturated heterocycles. The highest BCUT2D eigenvalue weighted by Crippen LogP contribution is 2.14. The first-order chi connectivity index (χ1) is 11.7. The van der Waals surface area contributed by atoms with Crippen molar-refractivity contribution in [3.05, 3.63) is 24.3 Å². The summed E-state index contributed by atoms with van der Waals surface area (Å²) in [6, 6.07) is 6.98. The fraction of sp³-hybridized carbons (Fsp3) is 0.556. The lowest BCUT2D eigenvalue weighted by atomic mass is 10.1. The number of hydrogen-bond donors (Lipinski definition) is 2. The Hall–Kier alpha value is -2.08. The minimum Gasteiger partial charge on any atom is -0.497 e. The molecule has 0 aliphatic carbocycles. The fourth-order valence-corrected chi connectivity index (χ4v) is 2.12. The van der Waals surface area contributed by atoms with Gasteiger partial charge in [-0.05, 0) is 30.7 Å². The summed E-state index contributed by atoms with van der Waals surface area (Å²) in [4.78, 5) is 23.3. The van der Waals surface area contributed by atoms with Gasteiger partial charge in [0.05, 0.1) is 7.11 Å². The molecule has 0 bridgehead atoms. The maximum absolute atomic E-state index is 11.7. The van der Waals surface area contributed by atoms with Crippen LogP contribution >= 0.6 is 0 Å². The van der Waals surface area contributed by atoms with Crippen molar-refractivity contribution in [2.24, 2.45) is 0 Å². The van der Waals surface area contributed by atoms with Gasteiger partial charge in [-0.1, -0.05) is 32.6 Å². The quantitative estimate of drug-likeness (QED) is 0.575. The summed E-state index contributed by atoms with van der Waals surface area (Å²) >= 11 is 0. The zero-order chi connectivity index (χ0) is 17.6. The number of nitrogens with one attached hydrogen (secondary N) is 2. The van der Waals surface area contributed by atoms with Gasteiger partial charge in [-0.2, -0.15) is 0 Å². The number of unbranched alkanes of at least 4 members (excludes halogenated alkanes) is 4. The van der Waals surface area contributed by atoms with Gasteiger partial charge in [0.15, 0.2) is 0 Å². The lowest BCUT2D eigenvalue weighted by Crippen LogP contribution is -2.30. The largest absolute Gasteiger partial charge is 0.497 e. The fourth-order valence-electron chi connectivity index (χ4n) is 2.12. The van der Waals surface area contributed by atoms with Gasteiger partial charge in [0.1, 0.15) is 19.0 Å². The molecule has 1 rings (SSSR count). The van der Waals surface area contributed by atoms with Crippen LogP contribution in [0.5, 0.6) is 5.75 Å². The molecule has 1 aromatic carbocycles. The number of carbonyl (C=O) groups excluding carboxylic acids is 2. The summed E-state index contributed by atoms with van der Waals surface area (Å²) in [5.41, 5.74) is 0.654. The number of rotatable bonds is 12. The third kappa shape index (κ3) is 9.15. The summed E-state index contributed by atoms with van der Waals surface area (Å²) in [6.45, 7) is 2.56. The Morgan fingerprint density at radius 2 is 1.62 bits per heavy atom. The van der Waals surface area contributed by atoms with Crippen molar-refractivity contribution in [3.63, 3.8) is 0 Å². The normalized spacial score (nSPS) is 10.2. The van der Waals surface area contributed by atoms with E-state index in [0.717, 1.165) is 18.6 Å². The lowest BCUT2D eigenvalue weighted by molar-refractivity contribution is -0.128. The molecule has 1 aromatic rings. The van der Waals surface area contributed by atoms with Crippen molar-refractivity contribution in [2.45, 2.75) is 39.0 Å².